The highest BCUT2D eigenvalue weighted by Crippen LogP contribution is 2.13. The SMILES string of the molecule is CC(C)COc1ccc(CNC(=O)CCl)cc1. The molecule has 0 aliphatic rings. The second-order valence-corrected chi connectivity index (χ2v) is 4.53. The number of halogens is 1. The molecule has 0 heterocycles. The molecule has 1 aromatic rings. The van der Waals surface area contributed by atoms with Crippen LogP contribution in [0.25, 0.3) is 0 Å². The third-order valence-electron chi connectivity index (χ3n) is 2.12. The maximum absolute atomic E-state index is 11.0. The number of hydrogen-bond donors (Lipinski definition) is 1. The zero-order chi connectivity index (χ0) is 12.7. The molecule has 0 unspecified atom stereocenters. The molecule has 0 saturated heterocycles. The first-order valence-electron chi connectivity index (χ1n) is 5.66. The van der Waals surface area contributed by atoms with Crippen LogP contribution in [0.1, 0.15) is 19.4 Å². The van der Waals surface area contributed by atoms with Crippen molar-refractivity contribution in [2.45, 2.75) is 20.4 Å². The molecule has 0 bridgehead atoms. The van der Waals surface area contributed by atoms with Gasteiger partial charge >= 0.3 is 0 Å². The number of carbonyl (C=O) groups excluding carboxylic acids is 1. The van der Waals surface area contributed by atoms with Crippen molar-refractivity contribution >= 4 is 17.5 Å². The van der Waals surface area contributed by atoms with Crippen molar-refractivity contribution in [1.82, 2.24) is 5.32 Å². The van der Waals surface area contributed by atoms with E-state index >= 15 is 0 Å². The predicted molar refractivity (Wildman–Crippen MR) is 69.3 cm³/mol. The topological polar surface area (TPSA) is 38.3 Å². The highest BCUT2D eigenvalue weighted by molar-refractivity contribution is 6.27. The lowest BCUT2D eigenvalue weighted by Crippen LogP contribution is -2.23. The molecule has 1 aromatic carbocycles. The van der Waals surface area contributed by atoms with Crippen molar-refractivity contribution < 1.29 is 9.53 Å². The first-order valence-corrected chi connectivity index (χ1v) is 6.19. The van der Waals surface area contributed by atoms with E-state index in [4.69, 9.17) is 16.3 Å². The molecular weight excluding hydrogens is 238 g/mol. The molecule has 0 radical (unpaired) electrons. The van der Waals surface area contributed by atoms with E-state index in [-0.39, 0.29) is 11.8 Å². The van der Waals surface area contributed by atoms with Crippen molar-refractivity contribution in [2.75, 3.05) is 12.5 Å². The number of nitrogens with one attached hydrogen (secondary N) is 1. The molecule has 3 nitrogen and oxygen atoms in total. The van der Waals surface area contributed by atoms with E-state index in [1.54, 1.807) is 0 Å². The predicted octanol–water partition coefficient (Wildman–Crippen LogP) is 2.58. The van der Waals surface area contributed by atoms with E-state index in [0.717, 1.165) is 11.3 Å². The Labute approximate surface area is 107 Å². The van der Waals surface area contributed by atoms with E-state index < -0.39 is 0 Å². The molecule has 17 heavy (non-hydrogen) atoms. The maximum Gasteiger partial charge on any atom is 0.235 e. The Morgan fingerprint density at radius 1 is 1.35 bits per heavy atom. The molecule has 0 aliphatic carbocycles. The summed E-state index contributed by atoms with van der Waals surface area (Å²) in [4.78, 5) is 11.0. The fourth-order valence-corrected chi connectivity index (χ4v) is 1.31. The Bertz CT molecular complexity index is 349. The van der Waals surface area contributed by atoms with Crippen molar-refractivity contribution in [1.29, 1.82) is 0 Å². The van der Waals surface area contributed by atoms with Gasteiger partial charge in [-0.05, 0) is 23.6 Å². The summed E-state index contributed by atoms with van der Waals surface area (Å²) >= 11 is 5.38. The van der Waals surface area contributed by atoms with E-state index in [1.807, 2.05) is 24.3 Å². The van der Waals surface area contributed by atoms with Crippen LogP contribution in [0, 0.1) is 5.92 Å². The van der Waals surface area contributed by atoms with Crippen LogP contribution in [0.4, 0.5) is 0 Å². The zero-order valence-corrected chi connectivity index (χ0v) is 11.0. The van der Waals surface area contributed by atoms with Gasteiger partial charge in [-0.2, -0.15) is 0 Å². The largest absolute Gasteiger partial charge is 0.493 e. The highest BCUT2D eigenvalue weighted by Gasteiger charge is 2.00. The van der Waals surface area contributed by atoms with Gasteiger partial charge < -0.3 is 10.1 Å². The van der Waals surface area contributed by atoms with Gasteiger partial charge in [-0.15, -0.1) is 11.6 Å². The molecule has 94 valence electrons. The van der Waals surface area contributed by atoms with Crippen molar-refractivity contribution in [2.24, 2.45) is 5.92 Å². The standard InChI is InChI=1S/C13H18ClNO2/c1-10(2)9-17-12-5-3-11(4-6-12)8-15-13(16)7-14/h3-6,10H,7-9H2,1-2H3,(H,15,16). The third-order valence-corrected chi connectivity index (χ3v) is 2.36. The van der Waals surface area contributed by atoms with E-state index in [1.165, 1.54) is 0 Å². The van der Waals surface area contributed by atoms with E-state index in [2.05, 4.69) is 19.2 Å². The van der Waals surface area contributed by atoms with Crippen molar-refractivity contribution in [3.63, 3.8) is 0 Å². The van der Waals surface area contributed by atoms with Crippen LogP contribution in [-0.2, 0) is 11.3 Å². The van der Waals surface area contributed by atoms with Crippen LogP contribution < -0.4 is 10.1 Å². The van der Waals surface area contributed by atoms with Gasteiger partial charge in [0, 0.05) is 6.54 Å². The average Bonchev–Trinajstić information content (AvgIpc) is 2.34. The Morgan fingerprint density at radius 3 is 2.53 bits per heavy atom. The number of benzene rings is 1. The Morgan fingerprint density at radius 2 is 2.00 bits per heavy atom. The molecule has 0 atom stereocenters. The van der Waals surface area contributed by atoms with Crippen LogP contribution in [0.3, 0.4) is 0 Å². The first kappa shape index (κ1) is 13.8. The van der Waals surface area contributed by atoms with E-state index in [9.17, 15) is 4.79 Å². The van der Waals surface area contributed by atoms with Crippen LogP contribution in [-0.4, -0.2) is 18.4 Å². The summed E-state index contributed by atoms with van der Waals surface area (Å²) in [5.41, 5.74) is 1.03. The zero-order valence-electron chi connectivity index (χ0n) is 10.2. The lowest BCUT2D eigenvalue weighted by Gasteiger charge is -2.09. The second-order valence-electron chi connectivity index (χ2n) is 4.26. The van der Waals surface area contributed by atoms with Gasteiger partial charge in [0.2, 0.25) is 5.91 Å². The monoisotopic (exact) mass is 255 g/mol. The van der Waals surface area contributed by atoms with Gasteiger partial charge in [0.15, 0.2) is 0 Å². The average molecular weight is 256 g/mol. The minimum atomic E-state index is -0.160. The van der Waals surface area contributed by atoms with E-state index in [0.29, 0.717) is 19.1 Å². The molecule has 4 heteroatoms. The lowest BCUT2D eigenvalue weighted by molar-refractivity contribution is -0.118. The lowest BCUT2D eigenvalue weighted by atomic mass is 10.2. The van der Waals surface area contributed by atoms with Crippen molar-refractivity contribution in [3.8, 4) is 5.75 Å². The minimum absolute atomic E-state index is 0.00438. The third kappa shape index (κ3) is 5.59. The first-order chi connectivity index (χ1) is 8.11. The molecule has 0 fully saturated rings. The number of rotatable bonds is 6. The summed E-state index contributed by atoms with van der Waals surface area (Å²) in [7, 11) is 0. The summed E-state index contributed by atoms with van der Waals surface area (Å²) in [5, 5.41) is 2.71. The molecular formula is C13H18ClNO2. The van der Waals surface area contributed by atoms with Crippen molar-refractivity contribution in [3.05, 3.63) is 29.8 Å². The molecule has 0 saturated carbocycles. The van der Waals surface area contributed by atoms with Crippen LogP contribution >= 0.6 is 11.6 Å². The summed E-state index contributed by atoms with van der Waals surface area (Å²) in [6.07, 6.45) is 0. The summed E-state index contributed by atoms with van der Waals surface area (Å²) < 4.78 is 5.56. The number of carbonyl (C=O) groups is 1. The van der Waals surface area contributed by atoms with Gasteiger partial charge in [0.25, 0.3) is 0 Å². The summed E-state index contributed by atoms with van der Waals surface area (Å²) in [6.45, 7) is 5.42. The van der Waals surface area contributed by atoms with Crippen LogP contribution in [0.5, 0.6) is 5.75 Å². The molecule has 1 rings (SSSR count). The molecule has 0 aliphatic heterocycles. The van der Waals surface area contributed by atoms with Crippen LogP contribution in [0.2, 0.25) is 0 Å². The Balaban J connectivity index is 2.42. The summed E-state index contributed by atoms with van der Waals surface area (Å²) in [6, 6.07) is 7.68. The van der Waals surface area contributed by atoms with Gasteiger partial charge in [0.05, 0.1) is 6.61 Å². The van der Waals surface area contributed by atoms with Gasteiger partial charge in [-0.25, -0.2) is 0 Å². The van der Waals surface area contributed by atoms with Gasteiger partial charge in [-0.3, -0.25) is 4.79 Å². The van der Waals surface area contributed by atoms with Crippen LogP contribution in [0.15, 0.2) is 24.3 Å². The Hall–Kier alpha value is -1.22. The molecule has 1 amide bonds. The molecule has 0 spiro atoms. The Kier molecular flexibility index (Phi) is 5.84. The minimum Gasteiger partial charge on any atom is -0.493 e. The maximum atomic E-state index is 11.0. The molecule has 1 N–H and O–H groups in total. The highest BCUT2D eigenvalue weighted by atomic mass is 35.5. The fraction of sp³-hybridized carbons (Fsp3) is 0.462. The van der Waals surface area contributed by atoms with Gasteiger partial charge in [0.1, 0.15) is 11.6 Å². The van der Waals surface area contributed by atoms with Gasteiger partial charge in [-0.1, -0.05) is 26.0 Å². The normalized spacial score (nSPS) is 10.4. The quantitative estimate of drug-likeness (QED) is 0.794. The number of ether oxygens (including phenoxy) is 1. The smallest absolute Gasteiger partial charge is 0.235 e. The fourth-order valence-electron chi connectivity index (χ4n) is 1.21. The number of alkyl halides is 1. The summed E-state index contributed by atoms with van der Waals surface area (Å²) in [5.74, 6) is 1.20. The number of amides is 1. The number of hydrogen-bond acceptors (Lipinski definition) is 2. The molecule has 0 aromatic heterocycles. The second kappa shape index (κ2) is 7.17.